The number of hydrogen-bond acceptors (Lipinski definition) is 8. The Hall–Kier alpha value is -0.440. The van der Waals surface area contributed by atoms with Crippen LogP contribution in [-0.2, 0) is 34.5 Å². The summed E-state index contributed by atoms with van der Waals surface area (Å²) in [5, 5.41) is 18.1. The molecule has 8 heteroatoms. The van der Waals surface area contributed by atoms with Gasteiger partial charge in [0.25, 0.3) is 0 Å². The average Bonchev–Trinajstić information content (AvgIpc) is 2.10. The summed E-state index contributed by atoms with van der Waals surface area (Å²) in [5.41, 5.74) is 0. The van der Waals surface area contributed by atoms with Gasteiger partial charge in [0, 0.05) is 0 Å². The zero-order chi connectivity index (χ0) is 9.40. The highest BCUT2D eigenvalue weighted by molar-refractivity contribution is 7.47. The van der Waals surface area contributed by atoms with E-state index in [1.807, 2.05) is 0 Å². The van der Waals surface area contributed by atoms with Gasteiger partial charge in [-0.1, -0.05) is 0 Å². The molecule has 0 fully saturated rings. The van der Waals surface area contributed by atoms with Crippen molar-refractivity contribution in [2.75, 3.05) is 13.2 Å². The molecule has 2 unspecified atom stereocenters. The zero-order valence-electron chi connectivity index (χ0n) is 5.99. The second-order valence-corrected chi connectivity index (χ2v) is 2.17. The Bertz CT molecular complexity index is 131. The molecule has 0 heterocycles. The van der Waals surface area contributed by atoms with Crippen molar-refractivity contribution in [2.45, 2.75) is 12.2 Å². The van der Waals surface area contributed by atoms with Crippen LogP contribution in [0.3, 0.4) is 0 Å². The van der Waals surface area contributed by atoms with E-state index in [0.717, 1.165) is 0 Å². The topological polar surface area (TPSA) is 83.6 Å². The van der Waals surface area contributed by atoms with Gasteiger partial charge >= 0.3 is 0 Å². The van der Waals surface area contributed by atoms with Crippen LogP contribution >= 0.6 is 0 Å². The quantitative estimate of drug-likeness (QED) is 0.528. The van der Waals surface area contributed by atoms with Crippen molar-refractivity contribution in [1.82, 2.24) is 0 Å². The first-order valence-electron chi connectivity index (χ1n) is 2.97. The molecular formula is C4H8N2O4S2. The van der Waals surface area contributed by atoms with Crippen molar-refractivity contribution in [3.05, 3.63) is 0 Å². The Morgan fingerprint density at radius 2 is 1.33 bits per heavy atom. The molecule has 0 aliphatic rings. The minimum Gasteiger partial charge on any atom is -0.387 e. The standard InChI is InChI=1S/C4H8N2O4S2/c7-3(1-9-5-11)4(8)2-10-6-12/h3-4,7-8H,1-2H2. The first-order chi connectivity index (χ1) is 5.72. The van der Waals surface area contributed by atoms with E-state index in [2.05, 4.69) is 43.6 Å². The zero-order valence-corrected chi connectivity index (χ0v) is 7.62. The molecule has 0 aromatic heterocycles. The Morgan fingerprint density at radius 3 is 1.58 bits per heavy atom. The van der Waals surface area contributed by atoms with Gasteiger partial charge in [-0.15, -0.1) is 0 Å². The van der Waals surface area contributed by atoms with Crippen LogP contribution in [0.15, 0.2) is 9.05 Å². The molecule has 0 spiro atoms. The van der Waals surface area contributed by atoms with Crippen LogP contribution in [0.1, 0.15) is 0 Å². The molecule has 0 aliphatic heterocycles. The average molecular weight is 212 g/mol. The molecule has 0 aromatic carbocycles. The molecule has 12 heavy (non-hydrogen) atoms. The van der Waals surface area contributed by atoms with Crippen LogP contribution in [0, 0.1) is 0 Å². The van der Waals surface area contributed by atoms with Gasteiger partial charge in [-0.3, -0.25) is 0 Å². The van der Waals surface area contributed by atoms with Gasteiger partial charge in [-0.05, 0) is 9.05 Å². The van der Waals surface area contributed by atoms with Gasteiger partial charge in [0.15, 0.2) is 0 Å². The van der Waals surface area contributed by atoms with Crippen LogP contribution in [0.25, 0.3) is 0 Å². The van der Waals surface area contributed by atoms with Crippen LogP contribution < -0.4 is 0 Å². The molecular weight excluding hydrogens is 204 g/mol. The first-order valence-corrected chi connectivity index (χ1v) is 3.70. The third-order valence-corrected chi connectivity index (χ3v) is 1.25. The SMILES string of the molecule is OC(CON=S)C(O)CON=S. The van der Waals surface area contributed by atoms with Crippen molar-refractivity contribution in [2.24, 2.45) is 9.05 Å². The lowest BCUT2D eigenvalue weighted by Gasteiger charge is -2.13. The Labute approximate surface area is 79.7 Å². The summed E-state index contributed by atoms with van der Waals surface area (Å²) in [4.78, 5) is 8.63. The number of nitrogens with zero attached hydrogens (tertiary/aromatic N) is 2. The lowest BCUT2D eigenvalue weighted by atomic mass is 10.2. The molecule has 0 rings (SSSR count). The van der Waals surface area contributed by atoms with E-state index in [1.54, 1.807) is 0 Å². The van der Waals surface area contributed by atoms with E-state index < -0.39 is 12.2 Å². The minimum absolute atomic E-state index is 0.189. The fourth-order valence-corrected chi connectivity index (χ4v) is 0.557. The summed E-state index contributed by atoms with van der Waals surface area (Å²) in [5.74, 6) is 0. The third-order valence-electron chi connectivity index (χ3n) is 1.04. The molecule has 6 nitrogen and oxygen atoms in total. The summed E-state index contributed by atoms with van der Waals surface area (Å²) in [6, 6.07) is 0. The van der Waals surface area contributed by atoms with Gasteiger partial charge in [-0.2, -0.15) is 0 Å². The summed E-state index contributed by atoms with van der Waals surface area (Å²) in [6.07, 6.45) is -2.23. The molecule has 0 bridgehead atoms. The molecule has 70 valence electrons. The van der Waals surface area contributed by atoms with E-state index in [1.165, 1.54) is 0 Å². The van der Waals surface area contributed by atoms with Crippen molar-refractivity contribution in [3.8, 4) is 0 Å². The van der Waals surface area contributed by atoms with Crippen LogP contribution in [0.5, 0.6) is 0 Å². The molecule has 0 saturated heterocycles. The number of aliphatic hydroxyl groups excluding tert-OH is 2. The second-order valence-electron chi connectivity index (χ2n) is 1.88. The van der Waals surface area contributed by atoms with E-state index in [-0.39, 0.29) is 13.2 Å². The molecule has 0 saturated carbocycles. The van der Waals surface area contributed by atoms with Gasteiger partial charge in [-0.25, -0.2) is 0 Å². The fraction of sp³-hybridized carbons (Fsp3) is 1.00. The predicted molar refractivity (Wildman–Crippen MR) is 43.5 cm³/mol. The fourth-order valence-electron chi connectivity index (χ4n) is 0.436. The van der Waals surface area contributed by atoms with Crippen LogP contribution in [0.2, 0.25) is 0 Å². The highest BCUT2D eigenvalue weighted by atomic mass is 32.1. The molecule has 0 radical (unpaired) electrons. The lowest BCUT2D eigenvalue weighted by Crippen LogP contribution is -2.33. The molecule has 2 N–H and O–H groups in total. The minimum atomic E-state index is -1.12. The van der Waals surface area contributed by atoms with E-state index in [0.29, 0.717) is 0 Å². The lowest BCUT2D eigenvalue weighted by molar-refractivity contribution is -0.0677. The highest BCUT2D eigenvalue weighted by Crippen LogP contribution is 1.96. The van der Waals surface area contributed by atoms with Crippen LogP contribution in [0.4, 0.5) is 0 Å². The van der Waals surface area contributed by atoms with Crippen molar-refractivity contribution >= 4 is 24.9 Å². The largest absolute Gasteiger partial charge is 0.387 e. The van der Waals surface area contributed by atoms with Gasteiger partial charge in [0.2, 0.25) is 0 Å². The Balaban J connectivity index is 3.52. The van der Waals surface area contributed by atoms with Crippen molar-refractivity contribution < 1.29 is 19.9 Å². The third kappa shape index (κ3) is 5.24. The summed E-state index contributed by atoms with van der Waals surface area (Å²) >= 11 is 8.18. The number of aliphatic hydroxyl groups is 2. The Kier molecular flexibility index (Phi) is 6.96. The van der Waals surface area contributed by atoms with Gasteiger partial charge < -0.3 is 19.9 Å². The van der Waals surface area contributed by atoms with Crippen LogP contribution in [-0.4, -0.2) is 35.6 Å². The molecule has 2 atom stereocenters. The van der Waals surface area contributed by atoms with Crippen molar-refractivity contribution in [3.63, 3.8) is 0 Å². The van der Waals surface area contributed by atoms with Gasteiger partial charge in [0.1, 0.15) is 25.4 Å². The monoisotopic (exact) mass is 212 g/mol. The predicted octanol–water partition coefficient (Wildman–Crippen LogP) is -0.968. The van der Waals surface area contributed by atoms with Gasteiger partial charge in [0.05, 0.1) is 24.9 Å². The van der Waals surface area contributed by atoms with E-state index >= 15 is 0 Å². The second kappa shape index (κ2) is 7.22. The molecule has 0 aliphatic carbocycles. The summed E-state index contributed by atoms with van der Waals surface area (Å²) in [7, 11) is 0. The molecule has 0 amide bonds. The summed E-state index contributed by atoms with van der Waals surface area (Å²) in [6.45, 7) is -0.378. The maximum Gasteiger partial charge on any atom is 0.146 e. The first kappa shape index (κ1) is 11.6. The normalized spacial score (nSPS) is 14.5. The maximum atomic E-state index is 9.04. The number of rotatable bonds is 7. The molecule has 0 aromatic rings. The van der Waals surface area contributed by atoms with E-state index in [4.69, 9.17) is 10.2 Å². The number of hydrogen-bond donors (Lipinski definition) is 2. The maximum absolute atomic E-state index is 9.04. The van der Waals surface area contributed by atoms with E-state index in [9.17, 15) is 0 Å². The highest BCUT2D eigenvalue weighted by Gasteiger charge is 2.17. The Morgan fingerprint density at radius 1 is 1.00 bits per heavy atom. The van der Waals surface area contributed by atoms with Crippen molar-refractivity contribution in [1.29, 1.82) is 0 Å². The smallest absolute Gasteiger partial charge is 0.146 e. The summed E-state index contributed by atoms with van der Waals surface area (Å²) < 4.78 is 5.73.